The number of rotatable bonds is 5. The minimum Gasteiger partial charge on any atom is -0.368 e. The van der Waals surface area contributed by atoms with Crippen LogP contribution in [0, 0.1) is 0 Å². The summed E-state index contributed by atoms with van der Waals surface area (Å²) in [6.07, 6.45) is 6.77. The van der Waals surface area contributed by atoms with E-state index >= 15 is 0 Å². The second-order valence-electron chi connectivity index (χ2n) is 4.88. The third-order valence-corrected chi connectivity index (χ3v) is 3.57. The molecule has 1 aliphatic rings. The zero-order chi connectivity index (χ0) is 14.5. The summed E-state index contributed by atoms with van der Waals surface area (Å²) < 4.78 is 1.95. The highest BCUT2D eigenvalue weighted by Gasteiger charge is 2.35. The summed E-state index contributed by atoms with van der Waals surface area (Å²) in [5.74, 6) is -0.455. The van der Waals surface area contributed by atoms with Crippen molar-refractivity contribution < 1.29 is 9.59 Å². The van der Waals surface area contributed by atoms with Crippen molar-refractivity contribution in [3.63, 3.8) is 0 Å². The number of nitrogens with one attached hydrogen (secondary N) is 1. The van der Waals surface area contributed by atoms with Gasteiger partial charge in [0.25, 0.3) is 0 Å². The van der Waals surface area contributed by atoms with Crippen LogP contribution >= 0.6 is 0 Å². The fraction of sp³-hybridized carbons (Fsp3) is 0.583. The Hall–Kier alpha value is -2.09. The molecule has 1 aliphatic heterocycles. The van der Waals surface area contributed by atoms with E-state index in [9.17, 15) is 9.59 Å². The Morgan fingerprint density at radius 2 is 2.20 bits per heavy atom. The maximum Gasteiger partial charge on any atom is 0.315 e. The number of hydrogen-bond donors (Lipinski definition) is 3. The van der Waals surface area contributed by atoms with Gasteiger partial charge >= 0.3 is 6.03 Å². The molecule has 2 atom stereocenters. The van der Waals surface area contributed by atoms with Crippen LogP contribution in [0.25, 0.3) is 0 Å². The van der Waals surface area contributed by atoms with E-state index in [0.717, 1.165) is 13.0 Å². The van der Waals surface area contributed by atoms with Gasteiger partial charge in [0.2, 0.25) is 5.91 Å². The first-order valence-corrected chi connectivity index (χ1v) is 6.64. The third kappa shape index (κ3) is 3.27. The lowest BCUT2D eigenvalue weighted by molar-refractivity contribution is -0.122. The Bertz CT molecular complexity index is 439. The highest BCUT2D eigenvalue weighted by atomic mass is 16.2. The summed E-state index contributed by atoms with van der Waals surface area (Å²) in [7, 11) is 0. The Morgan fingerprint density at radius 1 is 1.40 bits per heavy atom. The second-order valence-corrected chi connectivity index (χ2v) is 4.88. The zero-order valence-electron chi connectivity index (χ0n) is 11.2. The molecule has 3 amide bonds. The second kappa shape index (κ2) is 6.38. The number of aromatic nitrogens is 2. The van der Waals surface area contributed by atoms with Gasteiger partial charge in [0, 0.05) is 32.0 Å². The summed E-state index contributed by atoms with van der Waals surface area (Å²) in [4.78, 5) is 28.5. The molecule has 1 aromatic rings. The third-order valence-electron chi connectivity index (χ3n) is 3.57. The molecule has 0 aliphatic carbocycles. The van der Waals surface area contributed by atoms with Crippen LogP contribution in [0.4, 0.5) is 4.79 Å². The van der Waals surface area contributed by atoms with E-state index in [1.807, 2.05) is 10.8 Å². The molecule has 1 saturated heterocycles. The predicted octanol–water partition coefficient (Wildman–Crippen LogP) is -1.13. The molecule has 8 heteroatoms. The van der Waals surface area contributed by atoms with Gasteiger partial charge in [0.1, 0.15) is 6.04 Å². The van der Waals surface area contributed by atoms with Crippen LogP contribution in [-0.4, -0.2) is 51.6 Å². The smallest absolute Gasteiger partial charge is 0.315 e. The normalized spacial score (nSPS) is 22.7. The standard InChI is InChI=1S/C12H20N6O2/c13-11(19)10-9(18(12(14)20)7-4-16-10)2-1-5-17-6-3-15-8-17/h3,6,8-10,16H,1-2,4-5,7H2,(H2,13,19)(H2,14,20). The SMILES string of the molecule is NC(=O)C1NCCN(C(N)=O)C1CCCn1ccnc1. The molecule has 2 unspecified atom stereocenters. The van der Waals surface area contributed by atoms with Crippen LogP contribution in [0.5, 0.6) is 0 Å². The van der Waals surface area contributed by atoms with Crippen molar-refractivity contribution in [2.75, 3.05) is 13.1 Å². The first kappa shape index (κ1) is 14.3. The van der Waals surface area contributed by atoms with Crippen molar-refractivity contribution in [1.29, 1.82) is 0 Å². The van der Waals surface area contributed by atoms with Crippen LogP contribution in [0.15, 0.2) is 18.7 Å². The van der Waals surface area contributed by atoms with Crippen molar-refractivity contribution in [3.8, 4) is 0 Å². The average molecular weight is 280 g/mol. The van der Waals surface area contributed by atoms with E-state index in [2.05, 4.69) is 10.3 Å². The molecule has 0 spiro atoms. The summed E-state index contributed by atoms with van der Waals surface area (Å²) in [5.41, 5.74) is 10.8. The van der Waals surface area contributed by atoms with E-state index in [1.165, 1.54) is 4.90 Å². The first-order valence-electron chi connectivity index (χ1n) is 6.64. The lowest BCUT2D eigenvalue weighted by atomic mass is 9.98. The van der Waals surface area contributed by atoms with Crippen molar-refractivity contribution in [1.82, 2.24) is 19.8 Å². The number of carbonyl (C=O) groups excluding carboxylic acids is 2. The van der Waals surface area contributed by atoms with Gasteiger partial charge in [-0.3, -0.25) is 4.79 Å². The molecular weight excluding hydrogens is 260 g/mol. The Balaban J connectivity index is 1.97. The lowest BCUT2D eigenvalue weighted by Gasteiger charge is -2.39. The molecule has 8 nitrogen and oxygen atoms in total. The number of piperazine rings is 1. The number of amides is 3. The lowest BCUT2D eigenvalue weighted by Crippen LogP contribution is -2.64. The largest absolute Gasteiger partial charge is 0.368 e. The maximum absolute atomic E-state index is 11.5. The number of primary amides is 2. The van der Waals surface area contributed by atoms with Gasteiger partial charge in [-0.05, 0) is 12.8 Å². The van der Waals surface area contributed by atoms with Gasteiger partial charge in [-0.15, -0.1) is 0 Å². The molecule has 1 aromatic heterocycles. The topological polar surface area (TPSA) is 119 Å². The molecular formula is C12H20N6O2. The number of imidazole rings is 1. The van der Waals surface area contributed by atoms with Crippen molar-refractivity contribution >= 4 is 11.9 Å². The summed E-state index contributed by atoms with van der Waals surface area (Å²) in [6, 6.07) is -1.34. The molecule has 2 heterocycles. The molecule has 20 heavy (non-hydrogen) atoms. The monoisotopic (exact) mass is 280 g/mol. The van der Waals surface area contributed by atoms with Gasteiger partial charge in [0.05, 0.1) is 12.4 Å². The van der Waals surface area contributed by atoms with Crippen LogP contribution in [-0.2, 0) is 11.3 Å². The van der Waals surface area contributed by atoms with E-state index < -0.39 is 18.0 Å². The fourth-order valence-electron chi connectivity index (χ4n) is 2.61. The number of carbonyl (C=O) groups is 2. The van der Waals surface area contributed by atoms with Crippen LogP contribution in [0.3, 0.4) is 0 Å². The summed E-state index contributed by atoms with van der Waals surface area (Å²) in [6.45, 7) is 1.79. The Morgan fingerprint density at radius 3 is 2.80 bits per heavy atom. The quantitative estimate of drug-likeness (QED) is 0.632. The van der Waals surface area contributed by atoms with Gasteiger partial charge in [0.15, 0.2) is 0 Å². The van der Waals surface area contributed by atoms with Gasteiger partial charge in [-0.1, -0.05) is 0 Å². The summed E-state index contributed by atoms with van der Waals surface area (Å²) in [5, 5.41) is 3.05. The maximum atomic E-state index is 11.5. The number of hydrogen-bond acceptors (Lipinski definition) is 4. The van der Waals surface area contributed by atoms with Crippen LogP contribution < -0.4 is 16.8 Å². The highest BCUT2D eigenvalue weighted by Crippen LogP contribution is 2.15. The Kier molecular flexibility index (Phi) is 4.57. The number of aryl methyl sites for hydroxylation is 1. The Labute approximate surface area is 117 Å². The molecule has 0 radical (unpaired) electrons. The van der Waals surface area contributed by atoms with Crippen LogP contribution in [0.2, 0.25) is 0 Å². The molecule has 0 aromatic carbocycles. The number of urea groups is 1. The molecule has 5 N–H and O–H groups in total. The number of nitrogens with two attached hydrogens (primary N) is 2. The molecule has 0 saturated carbocycles. The van der Waals surface area contributed by atoms with Crippen molar-refractivity contribution in [3.05, 3.63) is 18.7 Å². The minimum atomic E-state index is -0.543. The van der Waals surface area contributed by atoms with E-state index in [0.29, 0.717) is 19.5 Å². The van der Waals surface area contributed by atoms with E-state index in [1.54, 1.807) is 12.5 Å². The van der Waals surface area contributed by atoms with Gasteiger partial charge in [-0.25, -0.2) is 9.78 Å². The van der Waals surface area contributed by atoms with Crippen LogP contribution in [0.1, 0.15) is 12.8 Å². The highest BCUT2D eigenvalue weighted by molar-refractivity contribution is 5.82. The minimum absolute atomic E-state index is 0.290. The van der Waals surface area contributed by atoms with E-state index in [-0.39, 0.29) is 6.04 Å². The van der Waals surface area contributed by atoms with E-state index in [4.69, 9.17) is 11.5 Å². The molecule has 110 valence electrons. The zero-order valence-corrected chi connectivity index (χ0v) is 11.2. The molecule has 2 rings (SSSR count). The predicted molar refractivity (Wildman–Crippen MR) is 72.5 cm³/mol. The number of nitrogens with zero attached hydrogens (tertiary/aromatic N) is 3. The van der Waals surface area contributed by atoms with Gasteiger partial charge < -0.3 is 26.3 Å². The summed E-state index contributed by atoms with van der Waals surface area (Å²) >= 11 is 0. The fourth-order valence-corrected chi connectivity index (χ4v) is 2.61. The molecule has 1 fully saturated rings. The molecule has 0 bridgehead atoms. The van der Waals surface area contributed by atoms with Gasteiger partial charge in [-0.2, -0.15) is 0 Å². The average Bonchev–Trinajstić information content (AvgIpc) is 2.91. The first-order chi connectivity index (χ1) is 9.59. The van der Waals surface area contributed by atoms with Crippen molar-refractivity contribution in [2.24, 2.45) is 11.5 Å². The van der Waals surface area contributed by atoms with Crippen molar-refractivity contribution in [2.45, 2.75) is 31.5 Å².